The van der Waals surface area contributed by atoms with Gasteiger partial charge in [0, 0.05) is 24.2 Å². The third-order valence-corrected chi connectivity index (χ3v) is 6.86. The molecule has 0 radical (unpaired) electrons. The molecule has 0 N–H and O–H groups in total. The van der Waals surface area contributed by atoms with Crippen molar-refractivity contribution in [1.29, 1.82) is 0 Å². The molecule has 0 aromatic rings. The predicted octanol–water partition coefficient (Wildman–Crippen LogP) is 3.62. The van der Waals surface area contributed by atoms with Gasteiger partial charge in [0.2, 0.25) is 0 Å². The van der Waals surface area contributed by atoms with Crippen LogP contribution in [0.4, 0.5) is 4.39 Å². The summed E-state index contributed by atoms with van der Waals surface area (Å²) in [5, 5.41) is -1.53. The highest BCUT2D eigenvalue weighted by Crippen LogP contribution is 2.84. The highest BCUT2D eigenvalue weighted by molar-refractivity contribution is 6.26. The Kier molecular flexibility index (Phi) is 2.14. The zero-order valence-corrected chi connectivity index (χ0v) is 11.6. The Hall–Kier alpha value is 0.140. The van der Waals surface area contributed by atoms with Crippen molar-refractivity contribution in [1.82, 2.24) is 0 Å². The molecule has 4 atom stereocenters. The summed E-state index contributed by atoms with van der Waals surface area (Å²) in [6.07, 6.45) is 5.65. The number of rotatable bonds is 0. The Bertz CT molecular complexity index is 393. The lowest BCUT2D eigenvalue weighted by molar-refractivity contribution is -0.220. The fraction of sp³-hybridized carbons (Fsp3) is 1.00. The van der Waals surface area contributed by atoms with Crippen molar-refractivity contribution in [3.05, 3.63) is 0 Å². The molecule has 0 bridgehead atoms. The van der Waals surface area contributed by atoms with Crippen molar-refractivity contribution in [2.45, 2.75) is 56.4 Å². The van der Waals surface area contributed by atoms with Gasteiger partial charge in [-0.15, -0.1) is 0 Å². The highest BCUT2D eigenvalue weighted by Gasteiger charge is 2.86. The molecule has 2 nitrogen and oxygen atoms in total. The molecular weight excluding hydrogens is 255 g/mol. The van der Waals surface area contributed by atoms with Gasteiger partial charge in [-0.1, -0.05) is 24.9 Å². The molecule has 18 heavy (non-hydrogen) atoms. The topological polar surface area (TPSA) is 18.5 Å². The summed E-state index contributed by atoms with van der Waals surface area (Å²) < 4.78 is 26.5. The summed E-state index contributed by atoms with van der Waals surface area (Å²) in [5.74, 6) is -0.520. The Balaban J connectivity index is 1.74. The summed E-state index contributed by atoms with van der Waals surface area (Å²) in [7, 11) is 0. The maximum Gasteiger partial charge on any atom is 0.193 e. The van der Waals surface area contributed by atoms with Gasteiger partial charge in [-0.25, -0.2) is 4.39 Å². The maximum absolute atomic E-state index is 14.8. The first-order valence-electron chi connectivity index (χ1n) is 7.12. The van der Waals surface area contributed by atoms with Gasteiger partial charge < -0.3 is 9.47 Å². The van der Waals surface area contributed by atoms with E-state index in [2.05, 4.69) is 6.92 Å². The Morgan fingerprint density at radius 3 is 2.61 bits per heavy atom. The first-order valence-corrected chi connectivity index (χ1v) is 7.49. The minimum Gasteiger partial charge on any atom is -0.348 e. The SMILES string of the molecule is C[C@@]12CCC[C@@H]3[C@@]1(CC1(CC2)OCCO1)[C@@]3(F)Cl. The second-order valence-electron chi connectivity index (χ2n) is 6.88. The molecule has 4 heteroatoms. The summed E-state index contributed by atoms with van der Waals surface area (Å²) >= 11 is 6.25. The van der Waals surface area contributed by atoms with E-state index in [0.717, 1.165) is 32.1 Å². The van der Waals surface area contributed by atoms with E-state index in [1.54, 1.807) is 0 Å². The number of hydrogen-bond acceptors (Lipinski definition) is 2. The van der Waals surface area contributed by atoms with E-state index in [0.29, 0.717) is 19.6 Å². The van der Waals surface area contributed by atoms with E-state index in [-0.39, 0.29) is 11.3 Å². The molecule has 1 aliphatic heterocycles. The van der Waals surface area contributed by atoms with Crippen LogP contribution in [-0.4, -0.2) is 24.1 Å². The van der Waals surface area contributed by atoms with Gasteiger partial charge in [0.25, 0.3) is 0 Å². The predicted molar refractivity (Wildman–Crippen MR) is 66.1 cm³/mol. The minimum atomic E-state index is -1.53. The molecule has 4 rings (SSSR count). The fourth-order valence-corrected chi connectivity index (χ4v) is 5.90. The summed E-state index contributed by atoms with van der Waals surface area (Å²) in [6, 6.07) is 0. The van der Waals surface area contributed by atoms with E-state index >= 15 is 0 Å². The smallest absolute Gasteiger partial charge is 0.193 e. The summed E-state index contributed by atoms with van der Waals surface area (Å²) in [5.41, 5.74) is -0.366. The average Bonchev–Trinajstić information content (AvgIpc) is 2.66. The van der Waals surface area contributed by atoms with Crippen molar-refractivity contribution in [3.8, 4) is 0 Å². The minimum absolute atomic E-state index is 0.00962. The van der Waals surface area contributed by atoms with Crippen LogP contribution in [0.3, 0.4) is 0 Å². The van der Waals surface area contributed by atoms with Crippen molar-refractivity contribution >= 4 is 11.6 Å². The van der Waals surface area contributed by atoms with Crippen LogP contribution in [0.2, 0.25) is 0 Å². The standard InChI is InChI=1S/C14H20ClFO2/c1-11-4-2-3-10-13(11,14(10,15)16)9-12(6-5-11)17-7-8-18-12/h10H,2-9H2,1H3/t10-,11+,13-,14-/m1/s1. The molecule has 3 aliphatic carbocycles. The van der Waals surface area contributed by atoms with Crippen LogP contribution < -0.4 is 0 Å². The molecule has 0 amide bonds. The van der Waals surface area contributed by atoms with Crippen molar-refractivity contribution in [3.63, 3.8) is 0 Å². The van der Waals surface area contributed by atoms with Gasteiger partial charge in [0.05, 0.1) is 13.2 Å². The van der Waals surface area contributed by atoms with Crippen LogP contribution >= 0.6 is 11.6 Å². The summed E-state index contributed by atoms with van der Waals surface area (Å²) in [4.78, 5) is 0. The van der Waals surface area contributed by atoms with Gasteiger partial charge in [0.15, 0.2) is 10.9 Å². The fourth-order valence-electron chi connectivity index (χ4n) is 5.23. The first kappa shape index (κ1) is 11.9. The van der Waals surface area contributed by atoms with Crippen molar-refractivity contribution in [2.24, 2.45) is 16.7 Å². The number of ether oxygens (including phenoxy) is 2. The van der Waals surface area contributed by atoms with Crippen molar-refractivity contribution in [2.75, 3.05) is 13.2 Å². The third kappa shape index (κ3) is 1.13. The third-order valence-electron chi connectivity index (χ3n) is 6.26. The number of alkyl halides is 2. The van der Waals surface area contributed by atoms with Crippen LogP contribution in [0, 0.1) is 16.7 Å². The second kappa shape index (κ2) is 3.24. The molecular formula is C14H20ClFO2. The molecule has 4 aliphatic rings. The second-order valence-corrected chi connectivity index (χ2v) is 7.43. The quantitative estimate of drug-likeness (QED) is 0.628. The van der Waals surface area contributed by atoms with E-state index in [1.165, 1.54) is 0 Å². The van der Waals surface area contributed by atoms with Gasteiger partial charge in [0.1, 0.15) is 0 Å². The van der Waals surface area contributed by atoms with E-state index < -0.39 is 16.3 Å². The molecule has 4 fully saturated rings. The lowest BCUT2D eigenvalue weighted by Gasteiger charge is -2.51. The maximum atomic E-state index is 14.8. The average molecular weight is 275 g/mol. The van der Waals surface area contributed by atoms with Crippen LogP contribution in [-0.2, 0) is 9.47 Å². The lowest BCUT2D eigenvalue weighted by Crippen LogP contribution is -2.49. The van der Waals surface area contributed by atoms with Crippen molar-refractivity contribution < 1.29 is 13.9 Å². The first-order chi connectivity index (χ1) is 8.46. The molecule has 0 unspecified atom stereocenters. The van der Waals surface area contributed by atoms with Gasteiger partial charge in [-0.05, 0) is 24.7 Å². The lowest BCUT2D eigenvalue weighted by atomic mass is 9.57. The summed E-state index contributed by atoms with van der Waals surface area (Å²) in [6.45, 7) is 3.50. The van der Waals surface area contributed by atoms with Crippen LogP contribution in [0.15, 0.2) is 0 Å². The van der Waals surface area contributed by atoms with E-state index in [1.807, 2.05) is 0 Å². The number of hydrogen-bond donors (Lipinski definition) is 0. The Morgan fingerprint density at radius 1 is 1.17 bits per heavy atom. The zero-order chi connectivity index (χ0) is 12.6. The van der Waals surface area contributed by atoms with Gasteiger partial charge in [-0.2, -0.15) is 0 Å². The molecule has 0 aromatic carbocycles. The largest absolute Gasteiger partial charge is 0.348 e. The molecule has 1 heterocycles. The monoisotopic (exact) mass is 274 g/mol. The van der Waals surface area contributed by atoms with Crippen LogP contribution in [0.25, 0.3) is 0 Å². The molecule has 3 saturated carbocycles. The normalized spacial score (nSPS) is 57.2. The molecule has 102 valence electrons. The Morgan fingerprint density at radius 2 is 1.89 bits per heavy atom. The number of halogens is 2. The Labute approximate surface area is 112 Å². The van der Waals surface area contributed by atoms with Crippen LogP contribution in [0.5, 0.6) is 0 Å². The van der Waals surface area contributed by atoms with Gasteiger partial charge >= 0.3 is 0 Å². The zero-order valence-electron chi connectivity index (χ0n) is 10.8. The molecule has 1 saturated heterocycles. The van der Waals surface area contributed by atoms with E-state index in [4.69, 9.17) is 21.1 Å². The van der Waals surface area contributed by atoms with Crippen LogP contribution in [0.1, 0.15) is 45.4 Å². The van der Waals surface area contributed by atoms with E-state index in [9.17, 15) is 4.39 Å². The van der Waals surface area contributed by atoms with Gasteiger partial charge in [-0.3, -0.25) is 0 Å². The highest BCUT2D eigenvalue weighted by atomic mass is 35.5. The molecule has 2 spiro atoms. The molecule has 0 aromatic heterocycles.